The van der Waals surface area contributed by atoms with Crippen LogP contribution in [0.4, 0.5) is 0 Å². The van der Waals surface area contributed by atoms with Crippen LogP contribution in [0, 0.1) is 0 Å². The zero-order valence-electron chi connectivity index (χ0n) is 10.8. The third-order valence-corrected chi connectivity index (χ3v) is 3.04. The Balaban J connectivity index is 2.48. The summed E-state index contributed by atoms with van der Waals surface area (Å²) in [5, 5.41) is 11.1. The highest BCUT2D eigenvalue weighted by molar-refractivity contribution is 5.88. The van der Waals surface area contributed by atoms with Crippen molar-refractivity contribution in [1.29, 1.82) is 0 Å². The Morgan fingerprint density at radius 3 is 2.74 bits per heavy atom. The van der Waals surface area contributed by atoms with Crippen molar-refractivity contribution in [2.45, 2.75) is 19.4 Å². The standard InChI is InChI=1S/C15H17NO3/c1-10(15(17)18)19-14-7-6-11-4-2-3-5-12(11)13(14)8-9-16/h2-7,10H,8-9,16H2,1H3,(H,17,18). The lowest BCUT2D eigenvalue weighted by Crippen LogP contribution is -2.23. The van der Waals surface area contributed by atoms with Crippen LogP contribution in [0.5, 0.6) is 5.75 Å². The van der Waals surface area contributed by atoms with Crippen LogP contribution in [0.1, 0.15) is 12.5 Å². The first-order valence-corrected chi connectivity index (χ1v) is 6.23. The van der Waals surface area contributed by atoms with E-state index in [1.165, 1.54) is 6.92 Å². The smallest absolute Gasteiger partial charge is 0.344 e. The molecule has 3 N–H and O–H groups in total. The molecular formula is C15H17NO3. The molecule has 4 heteroatoms. The number of rotatable bonds is 5. The normalized spacial score (nSPS) is 12.3. The van der Waals surface area contributed by atoms with Gasteiger partial charge in [0.15, 0.2) is 6.10 Å². The first-order chi connectivity index (χ1) is 9.13. The van der Waals surface area contributed by atoms with Gasteiger partial charge in [0, 0.05) is 5.56 Å². The van der Waals surface area contributed by atoms with Crippen molar-refractivity contribution in [3.63, 3.8) is 0 Å². The molecule has 0 fully saturated rings. The van der Waals surface area contributed by atoms with Gasteiger partial charge >= 0.3 is 5.97 Å². The number of hydrogen-bond donors (Lipinski definition) is 2. The molecule has 0 heterocycles. The molecular weight excluding hydrogens is 242 g/mol. The summed E-state index contributed by atoms with van der Waals surface area (Å²) in [5.41, 5.74) is 6.61. The molecule has 0 radical (unpaired) electrons. The predicted molar refractivity (Wildman–Crippen MR) is 74.4 cm³/mol. The molecule has 0 aromatic heterocycles. The quantitative estimate of drug-likeness (QED) is 0.863. The molecule has 0 aliphatic rings. The average molecular weight is 259 g/mol. The van der Waals surface area contributed by atoms with Gasteiger partial charge in [0.1, 0.15) is 5.75 Å². The molecule has 0 saturated heterocycles. The van der Waals surface area contributed by atoms with Crippen molar-refractivity contribution < 1.29 is 14.6 Å². The van der Waals surface area contributed by atoms with Gasteiger partial charge in [-0.3, -0.25) is 0 Å². The van der Waals surface area contributed by atoms with Gasteiger partial charge < -0.3 is 15.6 Å². The second-order valence-corrected chi connectivity index (χ2v) is 4.40. The number of carboxylic acid groups (broad SMARTS) is 1. The van der Waals surface area contributed by atoms with Gasteiger partial charge in [-0.05, 0) is 36.7 Å². The molecule has 19 heavy (non-hydrogen) atoms. The van der Waals surface area contributed by atoms with Crippen molar-refractivity contribution in [2.24, 2.45) is 5.73 Å². The molecule has 2 aromatic carbocycles. The number of nitrogens with two attached hydrogens (primary N) is 1. The second-order valence-electron chi connectivity index (χ2n) is 4.40. The van der Waals surface area contributed by atoms with Crippen LogP contribution < -0.4 is 10.5 Å². The van der Waals surface area contributed by atoms with Gasteiger partial charge in [0.2, 0.25) is 0 Å². The minimum atomic E-state index is -0.980. The van der Waals surface area contributed by atoms with Crippen LogP contribution in [-0.2, 0) is 11.2 Å². The zero-order chi connectivity index (χ0) is 13.8. The van der Waals surface area contributed by atoms with E-state index >= 15 is 0 Å². The third-order valence-electron chi connectivity index (χ3n) is 3.04. The topological polar surface area (TPSA) is 72.5 Å². The van der Waals surface area contributed by atoms with Crippen LogP contribution >= 0.6 is 0 Å². The van der Waals surface area contributed by atoms with Crippen LogP contribution in [0.25, 0.3) is 10.8 Å². The average Bonchev–Trinajstić information content (AvgIpc) is 2.41. The summed E-state index contributed by atoms with van der Waals surface area (Å²) in [7, 11) is 0. The van der Waals surface area contributed by atoms with Gasteiger partial charge in [0.25, 0.3) is 0 Å². The van der Waals surface area contributed by atoms with Crippen molar-refractivity contribution >= 4 is 16.7 Å². The summed E-state index contributed by atoms with van der Waals surface area (Å²) in [5.74, 6) is -0.383. The van der Waals surface area contributed by atoms with Crippen LogP contribution in [-0.4, -0.2) is 23.7 Å². The van der Waals surface area contributed by atoms with E-state index in [4.69, 9.17) is 15.6 Å². The highest BCUT2D eigenvalue weighted by Crippen LogP contribution is 2.29. The summed E-state index contributed by atoms with van der Waals surface area (Å²) in [6.45, 7) is 2.01. The summed E-state index contributed by atoms with van der Waals surface area (Å²) < 4.78 is 5.51. The third kappa shape index (κ3) is 2.85. The van der Waals surface area contributed by atoms with E-state index in [1.807, 2.05) is 36.4 Å². The molecule has 0 aliphatic heterocycles. The molecule has 2 aromatic rings. The van der Waals surface area contributed by atoms with E-state index in [-0.39, 0.29) is 0 Å². The van der Waals surface area contributed by atoms with E-state index in [2.05, 4.69) is 0 Å². The largest absolute Gasteiger partial charge is 0.479 e. The molecule has 4 nitrogen and oxygen atoms in total. The summed E-state index contributed by atoms with van der Waals surface area (Å²) in [4.78, 5) is 10.9. The monoisotopic (exact) mass is 259 g/mol. The Labute approximate surface area is 111 Å². The van der Waals surface area contributed by atoms with Gasteiger partial charge in [-0.25, -0.2) is 4.79 Å². The number of carbonyl (C=O) groups is 1. The molecule has 0 spiro atoms. The van der Waals surface area contributed by atoms with E-state index in [1.54, 1.807) is 0 Å². The van der Waals surface area contributed by atoms with Gasteiger partial charge in [0.05, 0.1) is 0 Å². The van der Waals surface area contributed by atoms with Gasteiger partial charge in [-0.1, -0.05) is 30.3 Å². The highest BCUT2D eigenvalue weighted by Gasteiger charge is 2.16. The van der Waals surface area contributed by atoms with Crippen LogP contribution in [0.15, 0.2) is 36.4 Å². The van der Waals surface area contributed by atoms with Gasteiger partial charge in [-0.2, -0.15) is 0 Å². The van der Waals surface area contributed by atoms with E-state index in [0.717, 1.165) is 16.3 Å². The fourth-order valence-electron chi connectivity index (χ4n) is 2.07. The number of fused-ring (bicyclic) bond motifs is 1. The molecule has 100 valence electrons. The van der Waals surface area contributed by atoms with E-state index in [0.29, 0.717) is 18.7 Å². The second kappa shape index (κ2) is 5.71. The lowest BCUT2D eigenvalue weighted by Gasteiger charge is -2.16. The number of hydrogen-bond acceptors (Lipinski definition) is 3. The number of aliphatic carboxylic acids is 1. The van der Waals surface area contributed by atoms with Crippen LogP contribution in [0.3, 0.4) is 0 Å². The maximum atomic E-state index is 10.9. The molecule has 2 rings (SSSR count). The summed E-state index contributed by atoms with van der Waals surface area (Å²) in [6.07, 6.45) is -0.221. The van der Waals surface area contributed by atoms with Gasteiger partial charge in [-0.15, -0.1) is 0 Å². The lowest BCUT2D eigenvalue weighted by atomic mass is 10.0. The maximum Gasteiger partial charge on any atom is 0.344 e. The molecule has 0 bridgehead atoms. The first kappa shape index (κ1) is 13.4. The van der Waals surface area contributed by atoms with Crippen molar-refractivity contribution in [3.8, 4) is 5.75 Å². The molecule has 0 saturated carbocycles. The van der Waals surface area contributed by atoms with E-state index < -0.39 is 12.1 Å². The Morgan fingerprint density at radius 1 is 1.32 bits per heavy atom. The Hall–Kier alpha value is -2.07. The fraction of sp³-hybridized carbons (Fsp3) is 0.267. The minimum absolute atomic E-state index is 0.492. The molecule has 0 aliphatic carbocycles. The highest BCUT2D eigenvalue weighted by atomic mass is 16.5. The molecule has 1 atom stereocenters. The van der Waals surface area contributed by atoms with Crippen LogP contribution in [0.2, 0.25) is 0 Å². The van der Waals surface area contributed by atoms with Crippen molar-refractivity contribution in [2.75, 3.05) is 6.54 Å². The molecule has 0 amide bonds. The number of ether oxygens (including phenoxy) is 1. The Bertz CT molecular complexity index is 595. The fourth-order valence-corrected chi connectivity index (χ4v) is 2.07. The minimum Gasteiger partial charge on any atom is -0.479 e. The molecule has 1 unspecified atom stereocenters. The maximum absolute atomic E-state index is 10.9. The Kier molecular flexibility index (Phi) is 4.02. The van der Waals surface area contributed by atoms with Crippen molar-refractivity contribution in [1.82, 2.24) is 0 Å². The van der Waals surface area contributed by atoms with Crippen molar-refractivity contribution in [3.05, 3.63) is 42.0 Å². The first-order valence-electron chi connectivity index (χ1n) is 6.23. The predicted octanol–water partition coefficient (Wildman–Crippen LogP) is 2.19. The number of carboxylic acids is 1. The summed E-state index contributed by atoms with van der Waals surface area (Å²) >= 11 is 0. The number of benzene rings is 2. The van der Waals surface area contributed by atoms with E-state index in [9.17, 15) is 4.79 Å². The summed E-state index contributed by atoms with van der Waals surface area (Å²) in [6, 6.07) is 11.7. The lowest BCUT2D eigenvalue weighted by molar-refractivity contribution is -0.144. The zero-order valence-corrected chi connectivity index (χ0v) is 10.8. The SMILES string of the molecule is CC(Oc1ccc2ccccc2c1CCN)C(=O)O. The Morgan fingerprint density at radius 2 is 2.05 bits per heavy atom.